The molecule has 10 nitrogen and oxygen atoms in total. The Hall–Kier alpha value is -3.43. The Labute approximate surface area is 197 Å². The Morgan fingerprint density at radius 3 is 2.82 bits per heavy atom. The van der Waals surface area contributed by atoms with E-state index in [1.807, 2.05) is 0 Å². The lowest BCUT2D eigenvalue weighted by Crippen LogP contribution is -2.14. The number of aryl methyl sites for hydroxylation is 1. The van der Waals surface area contributed by atoms with Crippen molar-refractivity contribution in [3.8, 4) is 11.8 Å². The summed E-state index contributed by atoms with van der Waals surface area (Å²) in [7, 11) is 1.77. The van der Waals surface area contributed by atoms with E-state index in [4.69, 9.17) is 4.74 Å². The van der Waals surface area contributed by atoms with E-state index in [0.717, 1.165) is 31.2 Å². The summed E-state index contributed by atoms with van der Waals surface area (Å²) in [6.45, 7) is 0.125. The molecule has 0 saturated heterocycles. The summed E-state index contributed by atoms with van der Waals surface area (Å²) >= 11 is 2.74. The number of rotatable bonds is 8. The molecule has 0 radical (unpaired) electrons. The molecular formula is C21H20N6O4S2. The molecule has 0 unspecified atom stereocenters. The summed E-state index contributed by atoms with van der Waals surface area (Å²) in [6.07, 6.45) is 4.04. The Morgan fingerprint density at radius 1 is 1.33 bits per heavy atom. The maximum atomic E-state index is 12.5. The Morgan fingerprint density at radius 2 is 2.09 bits per heavy atom. The first-order valence-electron chi connectivity index (χ1n) is 10.2. The van der Waals surface area contributed by atoms with Crippen LogP contribution in [0.3, 0.4) is 0 Å². The van der Waals surface area contributed by atoms with Crippen molar-refractivity contribution in [2.24, 2.45) is 7.05 Å². The van der Waals surface area contributed by atoms with Gasteiger partial charge in [0.15, 0.2) is 11.0 Å². The van der Waals surface area contributed by atoms with E-state index >= 15 is 0 Å². The van der Waals surface area contributed by atoms with E-state index in [2.05, 4.69) is 21.6 Å². The first kappa shape index (κ1) is 22.8. The van der Waals surface area contributed by atoms with Gasteiger partial charge in [0.25, 0.3) is 5.69 Å². The van der Waals surface area contributed by atoms with Gasteiger partial charge in [-0.1, -0.05) is 11.8 Å². The highest BCUT2D eigenvalue weighted by atomic mass is 32.2. The van der Waals surface area contributed by atoms with Gasteiger partial charge in [-0.05, 0) is 43.4 Å². The summed E-state index contributed by atoms with van der Waals surface area (Å²) in [4.78, 5) is 24.0. The lowest BCUT2D eigenvalue weighted by molar-refractivity contribution is -0.384. The summed E-state index contributed by atoms with van der Waals surface area (Å²) in [5.74, 6) is 0.947. The second-order valence-electron chi connectivity index (χ2n) is 7.36. The van der Waals surface area contributed by atoms with Crippen LogP contribution in [0.1, 0.15) is 34.7 Å². The summed E-state index contributed by atoms with van der Waals surface area (Å²) in [5.41, 5.74) is 1.67. The normalized spacial score (nSPS) is 12.6. The number of nitrogens with zero attached hydrogens (tertiary/aromatic N) is 5. The van der Waals surface area contributed by atoms with Crippen LogP contribution >= 0.6 is 23.1 Å². The largest absolute Gasteiger partial charge is 0.486 e. The number of amides is 1. The number of hydrogen-bond donors (Lipinski definition) is 1. The molecule has 0 aliphatic heterocycles. The molecule has 1 aliphatic rings. The quantitative estimate of drug-likeness (QED) is 0.289. The average Bonchev–Trinajstić information content (AvgIpc) is 3.35. The van der Waals surface area contributed by atoms with Gasteiger partial charge < -0.3 is 14.6 Å². The van der Waals surface area contributed by atoms with Crippen LogP contribution in [-0.4, -0.2) is 31.3 Å². The smallest absolute Gasteiger partial charge is 0.269 e. The highest BCUT2D eigenvalue weighted by Gasteiger charge is 2.22. The van der Waals surface area contributed by atoms with E-state index in [-0.39, 0.29) is 24.0 Å². The van der Waals surface area contributed by atoms with Gasteiger partial charge in [0.1, 0.15) is 23.4 Å². The molecule has 1 aromatic carbocycles. The van der Waals surface area contributed by atoms with Crippen LogP contribution in [-0.2, 0) is 31.3 Å². The third-order valence-electron chi connectivity index (χ3n) is 5.21. The van der Waals surface area contributed by atoms with Crippen LogP contribution in [0, 0.1) is 21.4 Å². The molecule has 2 heterocycles. The average molecular weight is 485 g/mol. The zero-order chi connectivity index (χ0) is 23.4. The topological polar surface area (TPSA) is 136 Å². The van der Waals surface area contributed by atoms with Gasteiger partial charge in [-0.3, -0.25) is 14.9 Å². The number of hydrogen-bond acceptors (Lipinski definition) is 9. The first-order valence-corrected chi connectivity index (χ1v) is 12.0. The second-order valence-corrected chi connectivity index (χ2v) is 9.41. The fraction of sp³-hybridized carbons (Fsp3) is 0.333. The van der Waals surface area contributed by atoms with E-state index in [0.29, 0.717) is 27.3 Å². The highest BCUT2D eigenvalue weighted by molar-refractivity contribution is 7.99. The molecule has 4 rings (SSSR count). The van der Waals surface area contributed by atoms with Gasteiger partial charge in [-0.2, -0.15) is 5.26 Å². The van der Waals surface area contributed by atoms with Crippen molar-refractivity contribution in [2.75, 3.05) is 11.1 Å². The lowest BCUT2D eigenvalue weighted by atomic mass is 9.96. The predicted octanol–water partition coefficient (Wildman–Crippen LogP) is 3.85. The number of nitrogens with one attached hydrogen (secondary N) is 1. The molecule has 0 fully saturated rings. The zero-order valence-electron chi connectivity index (χ0n) is 17.7. The molecule has 0 saturated carbocycles. The number of nitro groups is 1. The van der Waals surface area contributed by atoms with Gasteiger partial charge in [-0.25, -0.2) is 0 Å². The van der Waals surface area contributed by atoms with Crippen molar-refractivity contribution in [2.45, 2.75) is 37.4 Å². The number of aromatic nitrogens is 3. The van der Waals surface area contributed by atoms with E-state index < -0.39 is 4.92 Å². The van der Waals surface area contributed by atoms with Crippen molar-refractivity contribution >= 4 is 39.7 Å². The minimum Gasteiger partial charge on any atom is -0.486 e. The molecule has 2 aromatic heterocycles. The first-order chi connectivity index (χ1) is 16.0. The second kappa shape index (κ2) is 10.0. The minimum absolute atomic E-state index is 0.0115. The van der Waals surface area contributed by atoms with Crippen molar-refractivity contribution < 1.29 is 14.5 Å². The number of nitro benzene ring substituents is 1. The number of benzene rings is 1. The monoisotopic (exact) mass is 484 g/mol. The third-order valence-corrected chi connectivity index (χ3v) is 7.44. The summed E-state index contributed by atoms with van der Waals surface area (Å²) in [6, 6.07) is 8.02. The number of fused-ring (bicyclic) bond motifs is 1. The van der Waals surface area contributed by atoms with Gasteiger partial charge in [-0.15, -0.1) is 21.5 Å². The van der Waals surface area contributed by atoms with E-state index in [1.165, 1.54) is 52.2 Å². The van der Waals surface area contributed by atoms with Gasteiger partial charge in [0, 0.05) is 24.1 Å². The molecule has 1 aliphatic carbocycles. The Kier molecular flexibility index (Phi) is 6.90. The van der Waals surface area contributed by atoms with Crippen molar-refractivity contribution in [1.29, 1.82) is 5.26 Å². The predicted molar refractivity (Wildman–Crippen MR) is 123 cm³/mol. The number of ether oxygens (including phenoxy) is 1. The van der Waals surface area contributed by atoms with E-state index in [1.54, 1.807) is 11.6 Å². The number of thiophene rings is 1. The fourth-order valence-electron chi connectivity index (χ4n) is 3.47. The highest BCUT2D eigenvalue weighted by Crippen LogP contribution is 2.37. The van der Waals surface area contributed by atoms with E-state index in [9.17, 15) is 20.2 Å². The third kappa shape index (κ3) is 5.15. The number of thioether (sulfide) groups is 1. The zero-order valence-corrected chi connectivity index (χ0v) is 19.4. The Bertz CT molecular complexity index is 1230. The summed E-state index contributed by atoms with van der Waals surface area (Å²) in [5, 5.41) is 32.5. The number of carbonyl (C=O) groups is 1. The molecule has 1 amide bonds. The standard InChI is InChI=1S/C21H20N6O4S2/c1-26-18(11-31-14-8-6-13(7-9-14)27(29)30)24-25-21(26)32-12-19(28)23-20-16(10-22)15-4-2-3-5-17(15)33-20/h6-9H,2-5,11-12H2,1H3,(H,23,28). The minimum atomic E-state index is -0.472. The van der Waals surface area contributed by atoms with Crippen molar-refractivity contribution in [3.05, 3.63) is 56.2 Å². The van der Waals surface area contributed by atoms with Crippen LogP contribution in [0.4, 0.5) is 10.7 Å². The maximum absolute atomic E-state index is 12.5. The van der Waals surface area contributed by atoms with Crippen LogP contribution in [0.15, 0.2) is 29.4 Å². The van der Waals surface area contributed by atoms with Gasteiger partial charge >= 0.3 is 0 Å². The maximum Gasteiger partial charge on any atom is 0.269 e. The molecule has 0 spiro atoms. The lowest BCUT2D eigenvalue weighted by Gasteiger charge is -2.09. The Balaban J connectivity index is 1.32. The summed E-state index contributed by atoms with van der Waals surface area (Å²) < 4.78 is 7.36. The number of non-ortho nitro benzene ring substituents is 1. The van der Waals surface area contributed by atoms with Gasteiger partial charge in [0.2, 0.25) is 5.91 Å². The van der Waals surface area contributed by atoms with Crippen LogP contribution < -0.4 is 10.1 Å². The number of anilines is 1. The number of carbonyl (C=O) groups excluding carboxylic acids is 1. The fourth-order valence-corrected chi connectivity index (χ4v) is 5.46. The van der Waals surface area contributed by atoms with Crippen molar-refractivity contribution in [1.82, 2.24) is 14.8 Å². The van der Waals surface area contributed by atoms with Crippen molar-refractivity contribution in [3.63, 3.8) is 0 Å². The molecule has 33 heavy (non-hydrogen) atoms. The van der Waals surface area contributed by atoms with Crippen LogP contribution in [0.5, 0.6) is 5.75 Å². The molecule has 3 aromatic rings. The molecule has 0 atom stereocenters. The molecule has 0 bridgehead atoms. The van der Waals surface area contributed by atoms with Crippen LogP contribution in [0.25, 0.3) is 0 Å². The molecular weight excluding hydrogens is 464 g/mol. The SMILES string of the molecule is Cn1c(COc2ccc([N+](=O)[O-])cc2)nnc1SCC(=O)Nc1sc2c(c1C#N)CCCC2. The number of nitriles is 1. The van der Waals surface area contributed by atoms with Crippen LogP contribution in [0.2, 0.25) is 0 Å². The van der Waals surface area contributed by atoms with Gasteiger partial charge in [0.05, 0.1) is 16.2 Å². The molecule has 1 N–H and O–H groups in total. The molecule has 12 heteroatoms. The molecule has 170 valence electrons.